The zero-order valence-corrected chi connectivity index (χ0v) is 20.3. The Labute approximate surface area is 210 Å². The van der Waals surface area contributed by atoms with Gasteiger partial charge in [0.05, 0.1) is 19.4 Å². The number of hydrogen-bond donors (Lipinski definition) is 2. The number of nitrogens with zero attached hydrogens (tertiary/aromatic N) is 1. The Morgan fingerprint density at radius 1 is 0.917 bits per heavy atom. The van der Waals surface area contributed by atoms with Crippen molar-refractivity contribution in [1.29, 1.82) is 5.26 Å². The Kier molecular flexibility index (Phi) is 9.06. The smallest absolute Gasteiger partial charge is 0.266 e. The molecule has 0 bridgehead atoms. The minimum absolute atomic E-state index is 0.102. The zero-order valence-electron chi connectivity index (χ0n) is 20.3. The molecule has 0 aliphatic heterocycles. The first kappa shape index (κ1) is 25.8. The quantitative estimate of drug-likeness (QED) is 0.310. The molecular weight excluding hydrogens is 458 g/mol. The fraction of sp³-hybridized carbons (Fsp3) is 0.179. The highest BCUT2D eigenvalue weighted by molar-refractivity contribution is 6.10. The van der Waals surface area contributed by atoms with Crippen LogP contribution in [0.2, 0.25) is 0 Å². The Morgan fingerprint density at radius 3 is 2.33 bits per heavy atom. The molecule has 8 heteroatoms. The lowest BCUT2D eigenvalue weighted by molar-refractivity contribution is -0.118. The molecular formula is C28H27N3O5. The molecule has 8 nitrogen and oxygen atoms in total. The number of aryl methyl sites for hydroxylation is 1. The van der Waals surface area contributed by atoms with Crippen molar-refractivity contribution in [1.82, 2.24) is 0 Å². The summed E-state index contributed by atoms with van der Waals surface area (Å²) in [5.41, 5.74) is 2.57. The number of benzene rings is 3. The number of methoxy groups -OCH3 is 1. The van der Waals surface area contributed by atoms with Crippen molar-refractivity contribution in [2.24, 2.45) is 0 Å². The van der Waals surface area contributed by atoms with Crippen LogP contribution < -0.4 is 24.8 Å². The lowest BCUT2D eigenvalue weighted by Crippen LogP contribution is -2.20. The first-order valence-corrected chi connectivity index (χ1v) is 11.3. The van der Waals surface area contributed by atoms with Crippen LogP contribution >= 0.6 is 0 Å². The summed E-state index contributed by atoms with van der Waals surface area (Å²) in [4.78, 5) is 25.0. The van der Waals surface area contributed by atoms with Crippen molar-refractivity contribution in [3.8, 4) is 23.3 Å². The second-order valence-corrected chi connectivity index (χ2v) is 7.62. The van der Waals surface area contributed by atoms with E-state index in [9.17, 15) is 14.9 Å². The van der Waals surface area contributed by atoms with E-state index >= 15 is 0 Å². The van der Waals surface area contributed by atoms with Crippen LogP contribution in [-0.2, 0) is 9.59 Å². The van der Waals surface area contributed by atoms with Crippen molar-refractivity contribution in [3.05, 3.63) is 83.4 Å². The highest BCUT2D eigenvalue weighted by Crippen LogP contribution is 2.30. The van der Waals surface area contributed by atoms with E-state index in [4.69, 9.17) is 14.2 Å². The monoisotopic (exact) mass is 485 g/mol. The van der Waals surface area contributed by atoms with Gasteiger partial charge in [0, 0.05) is 5.69 Å². The van der Waals surface area contributed by atoms with E-state index in [0.717, 1.165) is 5.56 Å². The van der Waals surface area contributed by atoms with Gasteiger partial charge >= 0.3 is 0 Å². The van der Waals surface area contributed by atoms with Crippen molar-refractivity contribution < 1.29 is 23.8 Å². The van der Waals surface area contributed by atoms with E-state index < -0.39 is 5.91 Å². The minimum Gasteiger partial charge on any atom is -0.495 e. The van der Waals surface area contributed by atoms with Crippen LogP contribution in [0.15, 0.2) is 72.3 Å². The minimum atomic E-state index is -0.576. The van der Waals surface area contributed by atoms with Gasteiger partial charge in [-0.15, -0.1) is 0 Å². The number of para-hydroxylation sites is 3. The highest BCUT2D eigenvalue weighted by Gasteiger charge is 2.14. The van der Waals surface area contributed by atoms with E-state index in [0.29, 0.717) is 40.8 Å². The van der Waals surface area contributed by atoms with Gasteiger partial charge in [0.15, 0.2) is 18.1 Å². The van der Waals surface area contributed by atoms with Crippen LogP contribution in [0.25, 0.3) is 6.08 Å². The number of hydrogen-bond acceptors (Lipinski definition) is 6. The van der Waals surface area contributed by atoms with Gasteiger partial charge in [-0.2, -0.15) is 5.26 Å². The largest absolute Gasteiger partial charge is 0.495 e. The molecule has 184 valence electrons. The van der Waals surface area contributed by atoms with Crippen molar-refractivity contribution in [2.45, 2.75) is 13.8 Å². The number of anilines is 2. The second-order valence-electron chi connectivity index (χ2n) is 7.62. The summed E-state index contributed by atoms with van der Waals surface area (Å²) in [6, 6.07) is 21.2. The molecule has 0 aliphatic carbocycles. The Balaban J connectivity index is 1.73. The van der Waals surface area contributed by atoms with Gasteiger partial charge in [0.1, 0.15) is 17.4 Å². The molecule has 0 aliphatic rings. The van der Waals surface area contributed by atoms with Crippen LogP contribution in [0.5, 0.6) is 17.2 Å². The number of nitriles is 1. The number of carbonyl (C=O) groups excluding carboxylic acids is 2. The molecule has 2 amide bonds. The van der Waals surface area contributed by atoms with Crippen molar-refractivity contribution in [2.75, 3.05) is 31.0 Å². The van der Waals surface area contributed by atoms with Gasteiger partial charge < -0.3 is 24.8 Å². The van der Waals surface area contributed by atoms with E-state index in [-0.39, 0.29) is 18.1 Å². The number of ether oxygens (including phenoxy) is 3. The standard InChI is InChI=1S/C28H27N3O5/c1-4-35-26-16-20(15-21(17-29)28(33)31-23-11-7-8-12-24(23)34-3)13-14-25(26)36-18-27(32)30-22-10-6-5-9-19(22)2/h5-16H,4,18H2,1-3H3,(H,30,32)(H,31,33)/b21-15-. The Hall–Kier alpha value is -4.77. The van der Waals surface area contributed by atoms with Gasteiger partial charge in [-0.3, -0.25) is 9.59 Å². The number of rotatable bonds is 10. The summed E-state index contributed by atoms with van der Waals surface area (Å²) in [6.07, 6.45) is 1.45. The van der Waals surface area contributed by atoms with Crippen LogP contribution in [0.1, 0.15) is 18.1 Å². The normalized spacial score (nSPS) is 10.7. The molecule has 2 N–H and O–H groups in total. The zero-order chi connectivity index (χ0) is 25.9. The van der Waals surface area contributed by atoms with Gasteiger partial charge in [-0.25, -0.2) is 0 Å². The lowest BCUT2D eigenvalue weighted by atomic mass is 10.1. The van der Waals surface area contributed by atoms with Crippen molar-refractivity contribution >= 4 is 29.3 Å². The molecule has 0 heterocycles. The maximum Gasteiger partial charge on any atom is 0.266 e. The van der Waals surface area contributed by atoms with Gasteiger partial charge in [0.2, 0.25) is 0 Å². The number of nitrogens with one attached hydrogen (secondary N) is 2. The molecule has 0 fully saturated rings. The fourth-order valence-electron chi connectivity index (χ4n) is 3.30. The summed E-state index contributed by atoms with van der Waals surface area (Å²) in [5.74, 6) is 0.349. The molecule has 36 heavy (non-hydrogen) atoms. The fourth-order valence-corrected chi connectivity index (χ4v) is 3.30. The average molecular weight is 486 g/mol. The summed E-state index contributed by atoms with van der Waals surface area (Å²) in [5, 5.41) is 15.1. The van der Waals surface area contributed by atoms with Crippen LogP contribution in [-0.4, -0.2) is 32.1 Å². The van der Waals surface area contributed by atoms with E-state index in [1.807, 2.05) is 44.2 Å². The third kappa shape index (κ3) is 6.87. The predicted octanol–water partition coefficient (Wildman–Crippen LogP) is 4.97. The summed E-state index contributed by atoms with van der Waals surface area (Å²) >= 11 is 0. The number of amides is 2. The third-order valence-corrected chi connectivity index (χ3v) is 5.08. The van der Waals surface area contributed by atoms with Gasteiger partial charge in [-0.05, 0) is 61.4 Å². The van der Waals surface area contributed by atoms with Crippen molar-refractivity contribution in [3.63, 3.8) is 0 Å². The van der Waals surface area contributed by atoms with E-state index in [1.165, 1.54) is 13.2 Å². The first-order chi connectivity index (χ1) is 17.4. The molecule has 0 radical (unpaired) electrons. The third-order valence-electron chi connectivity index (χ3n) is 5.08. The van der Waals surface area contributed by atoms with Crippen LogP contribution in [0.3, 0.4) is 0 Å². The molecule has 3 aromatic carbocycles. The lowest BCUT2D eigenvalue weighted by Gasteiger charge is -2.13. The number of carbonyl (C=O) groups is 2. The maximum atomic E-state index is 12.7. The second kappa shape index (κ2) is 12.6. The Bertz CT molecular complexity index is 1310. The molecule has 0 aromatic heterocycles. The average Bonchev–Trinajstić information content (AvgIpc) is 2.88. The summed E-state index contributed by atoms with van der Waals surface area (Å²) in [6.45, 7) is 3.87. The van der Waals surface area contributed by atoms with Crippen LogP contribution in [0.4, 0.5) is 11.4 Å². The summed E-state index contributed by atoms with van der Waals surface area (Å²) < 4.78 is 16.6. The maximum absolute atomic E-state index is 12.7. The molecule has 0 saturated heterocycles. The van der Waals surface area contributed by atoms with E-state index in [2.05, 4.69) is 10.6 Å². The molecule has 0 spiro atoms. The van der Waals surface area contributed by atoms with E-state index in [1.54, 1.807) is 42.5 Å². The first-order valence-electron chi connectivity index (χ1n) is 11.3. The molecule has 3 rings (SSSR count). The Morgan fingerprint density at radius 2 is 1.64 bits per heavy atom. The molecule has 0 unspecified atom stereocenters. The van der Waals surface area contributed by atoms with Crippen LogP contribution in [0, 0.1) is 18.3 Å². The topological polar surface area (TPSA) is 110 Å². The van der Waals surface area contributed by atoms with Gasteiger partial charge in [0.25, 0.3) is 11.8 Å². The molecule has 0 saturated carbocycles. The SMILES string of the molecule is CCOc1cc(/C=C(/C#N)C(=O)Nc2ccccc2OC)ccc1OCC(=O)Nc1ccccc1C. The molecule has 3 aromatic rings. The van der Waals surface area contributed by atoms with Gasteiger partial charge in [-0.1, -0.05) is 36.4 Å². The predicted molar refractivity (Wildman–Crippen MR) is 138 cm³/mol. The highest BCUT2D eigenvalue weighted by atomic mass is 16.5. The molecule has 0 atom stereocenters. The summed E-state index contributed by atoms with van der Waals surface area (Å²) in [7, 11) is 1.50.